The summed E-state index contributed by atoms with van der Waals surface area (Å²) >= 11 is 0. The van der Waals surface area contributed by atoms with E-state index in [1.165, 1.54) is 12.1 Å². The van der Waals surface area contributed by atoms with Crippen LogP contribution in [-0.2, 0) is 6.54 Å². The van der Waals surface area contributed by atoms with Gasteiger partial charge in [0, 0.05) is 18.9 Å². The molecule has 0 fully saturated rings. The van der Waals surface area contributed by atoms with Crippen LogP contribution >= 0.6 is 0 Å². The Balaban J connectivity index is 1.38. The Morgan fingerprint density at radius 3 is 2.57 bits per heavy atom. The number of hydrogen-bond acceptors (Lipinski definition) is 5. The van der Waals surface area contributed by atoms with Crippen LogP contribution in [0.2, 0.25) is 0 Å². The van der Waals surface area contributed by atoms with E-state index in [1.54, 1.807) is 29.2 Å². The van der Waals surface area contributed by atoms with Gasteiger partial charge in [-0.05, 0) is 60.5 Å². The number of aromatic nitrogens is 4. The van der Waals surface area contributed by atoms with E-state index in [-0.39, 0.29) is 5.82 Å². The summed E-state index contributed by atoms with van der Waals surface area (Å²) in [5.41, 5.74) is 2.08. The van der Waals surface area contributed by atoms with Crippen LogP contribution in [0.25, 0.3) is 5.82 Å². The summed E-state index contributed by atoms with van der Waals surface area (Å²) in [6.07, 6.45) is 5.19. The maximum absolute atomic E-state index is 13.0. The number of nitrogens with one attached hydrogen (secondary N) is 1. The van der Waals surface area contributed by atoms with Crippen LogP contribution in [0.5, 0.6) is 11.5 Å². The van der Waals surface area contributed by atoms with Crippen LogP contribution in [-0.4, -0.2) is 19.7 Å². The molecule has 0 spiro atoms. The van der Waals surface area contributed by atoms with E-state index in [0.717, 1.165) is 16.9 Å². The van der Waals surface area contributed by atoms with Gasteiger partial charge in [-0.2, -0.15) is 0 Å². The van der Waals surface area contributed by atoms with Crippen molar-refractivity contribution < 1.29 is 9.13 Å². The summed E-state index contributed by atoms with van der Waals surface area (Å²) in [7, 11) is 0. The molecule has 0 amide bonds. The third-order valence-electron chi connectivity index (χ3n) is 4.17. The molecule has 0 aliphatic carbocycles. The highest BCUT2D eigenvalue weighted by atomic mass is 19.1. The van der Waals surface area contributed by atoms with Gasteiger partial charge < -0.3 is 10.1 Å². The lowest BCUT2D eigenvalue weighted by Crippen LogP contribution is -2.04. The van der Waals surface area contributed by atoms with Crippen LogP contribution in [0, 0.1) is 12.7 Å². The molecule has 0 radical (unpaired) electrons. The van der Waals surface area contributed by atoms with Crippen molar-refractivity contribution >= 4 is 5.82 Å². The molecule has 1 N–H and O–H groups in total. The van der Waals surface area contributed by atoms with E-state index < -0.39 is 0 Å². The molecule has 7 heteroatoms. The van der Waals surface area contributed by atoms with Gasteiger partial charge in [-0.3, -0.25) is 4.57 Å². The zero-order valence-electron chi connectivity index (χ0n) is 15.2. The van der Waals surface area contributed by atoms with Crippen molar-refractivity contribution in [1.82, 2.24) is 19.7 Å². The zero-order valence-corrected chi connectivity index (χ0v) is 15.2. The summed E-state index contributed by atoms with van der Waals surface area (Å²) in [6, 6.07) is 15.6. The van der Waals surface area contributed by atoms with Gasteiger partial charge in [0.15, 0.2) is 5.82 Å². The van der Waals surface area contributed by atoms with Crippen molar-refractivity contribution in [3.8, 4) is 17.3 Å². The number of rotatable bonds is 6. The molecule has 4 rings (SSSR count). The second-order valence-electron chi connectivity index (χ2n) is 6.26. The first kappa shape index (κ1) is 17.7. The number of halogens is 1. The summed E-state index contributed by atoms with van der Waals surface area (Å²) in [5, 5.41) is 11.6. The first-order chi connectivity index (χ1) is 13.7. The van der Waals surface area contributed by atoms with Crippen LogP contribution in [0.15, 0.2) is 73.3 Å². The first-order valence-corrected chi connectivity index (χ1v) is 8.76. The molecular weight excluding hydrogens is 357 g/mol. The molecule has 2 aromatic heterocycles. The lowest BCUT2D eigenvalue weighted by Gasteiger charge is -2.11. The Morgan fingerprint density at radius 1 is 1.04 bits per heavy atom. The van der Waals surface area contributed by atoms with Crippen molar-refractivity contribution in [2.45, 2.75) is 13.5 Å². The quantitative estimate of drug-likeness (QED) is 0.537. The minimum atomic E-state index is -0.286. The fourth-order valence-electron chi connectivity index (χ4n) is 2.71. The van der Waals surface area contributed by atoms with E-state index >= 15 is 0 Å². The third kappa shape index (κ3) is 4.15. The largest absolute Gasteiger partial charge is 0.457 e. The monoisotopic (exact) mass is 375 g/mol. The molecule has 4 aromatic rings. The van der Waals surface area contributed by atoms with Gasteiger partial charge in [-0.25, -0.2) is 9.37 Å². The molecule has 0 aliphatic heterocycles. The van der Waals surface area contributed by atoms with Gasteiger partial charge in [0.1, 0.15) is 29.5 Å². The Bertz CT molecular complexity index is 1050. The number of ether oxygens (including phenoxy) is 1. The highest BCUT2D eigenvalue weighted by molar-refractivity contribution is 5.42. The molecule has 0 atom stereocenters. The summed E-state index contributed by atoms with van der Waals surface area (Å²) < 4.78 is 20.6. The Morgan fingerprint density at radius 2 is 1.89 bits per heavy atom. The zero-order chi connectivity index (χ0) is 19.3. The topological polar surface area (TPSA) is 64.9 Å². The molecule has 28 heavy (non-hydrogen) atoms. The molecule has 2 aromatic carbocycles. The van der Waals surface area contributed by atoms with Crippen LogP contribution in [0.4, 0.5) is 10.2 Å². The minimum Gasteiger partial charge on any atom is -0.457 e. The fraction of sp³-hybridized carbons (Fsp3) is 0.0952. The normalized spacial score (nSPS) is 10.6. The lowest BCUT2D eigenvalue weighted by atomic mass is 10.1. The summed E-state index contributed by atoms with van der Waals surface area (Å²) in [6.45, 7) is 2.58. The van der Waals surface area contributed by atoms with Gasteiger partial charge in [-0.1, -0.05) is 12.1 Å². The average molecular weight is 375 g/mol. The molecule has 2 heterocycles. The van der Waals surface area contributed by atoms with Gasteiger partial charge in [0.05, 0.1) is 0 Å². The van der Waals surface area contributed by atoms with Crippen molar-refractivity contribution in [2.75, 3.05) is 5.32 Å². The lowest BCUT2D eigenvalue weighted by molar-refractivity contribution is 0.476. The minimum absolute atomic E-state index is 0.286. The first-order valence-electron chi connectivity index (χ1n) is 8.76. The number of nitrogens with zero attached hydrogens (tertiary/aromatic N) is 4. The smallest absolute Gasteiger partial charge is 0.160 e. The predicted octanol–water partition coefficient (Wildman–Crippen LogP) is 4.51. The molecule has 6 nitrogen and oxygen atoms in total. The van der Waals surface area contributed by atoms with Crippen molar-refractivity contribution in [3.05, 3.63) is 90.3 Å². The van der Waals surface area contributed by atoms with Crippen LogP contribution < -0.4 is 10.1 Å². The van der Waals surface area contributed by atoms with Crippen molar-refractivity contribution in [1.29, 1.82) is 0 Å². The number of imidazole rings is 1. The Hall–Kier alpha value is -3.74. The molecule has 0 aliphatic rings. The summed E-state index contributed by atoms with van der Waals surface area (Å²) in [4.78, 5) is 4.00. The SMILES string of the molecule is Cc1cc(CNc2ccc(-n3ccnc3)nn2)ccc1Oc1ccc(F)cc1. The van der Waals surface area contributed by atoms with Crippen molar-refractivity contribution in [2.24, 2.45) is 0 Å². The van der Waals surface area contributed by atoms with Gasteiger partial charge in [-0.15, -0.1) is 10.2 Å². The number of benzene rings is 2. The molecule has 0 unspecified atom stereocenters. The third-order valence-corrected chi connectivity index (χ3v) is 4.17. The van der Waals surface area contributed by atoms with Crippen molar-refractivity contribution in [3.63, 3.8) is 0 Å². The number of aryl methyl sites for hydroxylation is 1. The molecule has 0 bridgehead atoms. The van der Waals surface area contributed by atoms with E-state index in [0.29, 0.717) is 23.9 Å². The molecule has 0 saturated heterocycles. The van der Waals surface area contributed by atoms with E-state index in [9.17, 15) is 4.39 Å². The van der Waals surface area contributed by atoms with Gasteiger partial charge in [0.25, 0.3) is 0 Å². The Labute approximate surface area is 161 Å². The van der Waals surface area contributed by atoms with E-state index in [2.05, 4.69) is 20.5 Å². The highest BCUT2D eigenvalue weighted by Gasteiger charge is 2.05. The standard InChI is InChI=1S/C21H18FN5O/c1-15-12-16(2-7-19(15)28-18-5-3-17(22)4-6-18)13-24-20-8-9-21(26-25-20)27-11-10-23-14-27/h2-12,14H,13H2,1H3,(H,24,25). The summed E-state index contributed by atoms with van der Waals surface area (Å²) in [5.74, 6) is 2.45. The van der Waals surface area contributed by atoms with E-state index in [1.807, 2.05) is 43.5 Å². The molecule has 0 saturated carbocycles. The number of hydrogen-bond donors (Lipinski definition) is 1. The average Bonchev–Trinajstić information content (AvgIpc) is 3.25. The second kappa shape index (κ2) is 7.87. The maximum atomic E-state index is 13.0. The van der Waals surface area contributed by atoms with Crippen LogP contribution in [0.1, 0.15) is 11.1 Å². The van der Waals surface area contributed by atoms with Crippen LogP contribution in [0.3, 0.4) is 0 Å². The highest BCUT2D eigenvalue weighted by Crippen LogP contribution is 2.26. The maximum Gasteiger partial charge on any atom is 0.160 e. The van der Waals surface area contributed by atoms with Gasteiger partial charge >= 0.3 is 0 Å². The Kier molecular flexibility index (Phi) is 4.97. The molecular formula is C21H18FN5O. The van der Waals surface area contributed by atoms with Gasteiger partial charge in [0.2, 0.25) is 0 Å². The number of anilines is 1. The predicted molar refractivity (Wildman–Crippen MR) is 104 cm³/mol. The second-order valence-corrected chi connectivity index (χ2v) is 6.26. The molecule has 140 valence electrons. The fourth-order valence-corrected chi connectivity index (χ4v) is 2.71. The van der Waals surface area contributed by atoms with E-state index in [4.69, 9.17) is 4.74 Å².